The maximum Gasteiger partial charge on any atom is 0.0749 e. The van der Waals surface area contributed by atoms with Gasteiger partial charge in [0, 0.05) is 0 Å². The first-order chi connectivity index (χ1) is 4.36. The fourth-order valence-electron chi connectivity index (χ4n) is 1.97. The first-order valence-electron chi connectivity index (χ1n) is 3.72. The second kappa shape index (κ2) is 1.84. The van der Waals surface area contributed by atoms with E-state index in [1.165, 1.54) is 19.3 Å². The monoisotopic (exact) mass is 124 g/mol. The second-order valence-electron chi connectivity index (χ2n) is 3.21. The molecule has 1 heteroatoms. The Bertz CT molecular complexity index is 140. The molecule has 50 valence electrons. The van der Waals surface area contributed by atoms with E-state index in [4.69, 9.17) is 0 Å². The second-order valence-corrected chi connectivity index (χ2v) is 3.21. The molecule has 9 heavy (non-hydrogen) atoms. The highest BCUT2D eigenvalue weighted by Gasteiger charge is 2.30. The minimum absolute atomic E-state index is 0.122. The Balaban J connectivity index is 2.19. The summed E-state index contributed by atoms with van der Waals surface area (Å²) in [6.45, 7) is 0. The highest BCUT2D eigenvalue weighted by atomic mass is 16.3. The summed E-state index contributed by atoms with van der Waals surface area (Å²) >= 11 is 0. The van der Waals surface area contributed by atoms with Crippen LogP contribution in [0.3, 0.4) is 0 Å². The molecule has 2 aliphatic rings. The molecule has 3 atom stereocenters. The fraction of sp³-hybridized carbons (Fsp3) is 0.750. The molecule has 1 saturated carbocycles. The van der Waals surface area contributed by atoms with E-state index in [1.54, 1.807) is 0 Å². The van der Waals surface area contributed by atoms with Crippen LogP contribution in [-0.4, -0.2) is 11.2 Å². The van der Waals surface area contributed by atoms with Crippen LogP contribution in [0.2, 0.25) is 0 Å². The Labute approximate surface area is 55.4 Å². The fourth-order valence-corrected chi connectivity index (χ4v) is 1.97. The third kappa shape index (κ3) is 0.799. The average Bonchev–Trinajstić information content (AvgIpc) is 2.25. The molecule has 0 radical (unpaired) electrons. The molecule has 0 aromatic carbocycles. The largest absolute Gasteiger partial charge is 0.389 e. The first-order valence-corrected chi connectivity index (χ1v) is 3.72. The van der Waals surface area contributed by atoms with E-state index in [-0.39, 0.29) is 6.10 Å². The molecule has 0 spiro atoms. The molecule has 1 nitrogen and oxygen atoms in total. The maximum atomic E-state index is 9.31. The number of hydrogen-bond donors (Lipinski definition) is 1. The van der Waals surface area contributed by atoms with Crippen molar-refractivity contribution >= 4 is 0 Å². The van der Waals surface area contributed by atoms with Gasteiger partial charge in [-0.15, -0.1) is 0 Å². The number of fused-ring (bicyclic) bond motifs is 2. The third-order valence-corrected chi connectivity index (χ3v) is 2.58. The maximum absolute atomic E-state index is 9.31. The predicted molar refractivity (Wildman–Crippen MR) is 36.0 cm³/mol. The third-order valence-electron chi connectivity index (χ3n) is 2.58. The van der Waals surface area contributed by atoms with E-state index >= 15 is 0 Å². The van der Waals surface area contributed by atoms with Crippen molar-refractivity contribution in [3.8, 4) is 0 Å². The highest BCUT2D eigenvalue weighted by molar-refractivity contribution is 5.05. The molecule has 2 bridgehead atoms. The van der Waals surface area contributed by atoms with Gasteiger partial charge in [0.25, 0.3) is 0 Å². The summed E-state index contributed by atoms with van der Waals surface area (Å²) in [5, 5.41) is 9.31. The summed E-state index contributed by atoms with van der Waals surface area (Å²) in [6, 6.07) is 0. The molecule has 0 unspecified atom stereocenters. The molecule has 2 rings (SSSR count). The van der Waals surface area contributed by atoms with Gasteiger partial charge >= 0.3 is 0 Å². The standard InChI is InChI=1S/C8H12O/c9-8-4-2-6-1-3-7(8)5-6/h2,4,6-9H,1,3,5H2/t6-,7+,8+/m0/s1. The van der Waals surface area contributed by atoms with Gasteiger partial charge in [0.1, 0.15) is 0 Å². The first kappa shape index (κ1) is 5.48. The zero-order chi connectivity index (χ0) is 6.27. The van der Waals surface area contributed by atoms with Gasteiger partial charge in [-0.3, -0.25) is 0 Å². The number of aliphatic hydroxyl groups excluding tert-OH is 1. The van der Waals surface area contributed by atoms with Crippen LogP contribution in [0.25, 0.3) is 0 Å². The van der Waals surface area contributed by atoms with Crippen molar-refractivity contribution in [2.75, 3.05) is 0 Å². The molecule has 2 aliphatic carbocycles. The summed E-state index contributed by atoms with van der Waals surface area (Å²) in [6.07, 6.45) is 7.79. The van der Waals surface area contributed by atoms with Crippen molar-refractivity contribution in [3.05, 3.63) is 12.2 Å². The van der Waals surface area contributed by atoms with E-state index in [0.717, 1.165) is 5.92 Å². The highest BCUT2D eigenvalue weighted by Crippen LogP contribution is 2.37. The van der Waals surface area contributed by atoms with Gasteiger partial charge in [0.15, 0.2) is 0 Å². The molecule has 0 heterocycles. The molecule has 1 N–H and O–H groups in total. The molecule has 0 saturated heterocycles. The normalized spacial score (nSPS) is 47.9. The van der Waals surface area contributed by atoms with Gasteiger partial charge < -0.3 is 5.11 Å². The van der Waals surface area contributed by atoms with Crippen LogP contribution in [0.15, 0.2) is 12.2 Å². The van der Waals surface area contributed by atoms with Crippen molar-refractivity contribution in [3.63, 3.8) is 0 Å². The lowest BCUT2D eigenvalue weighted by Gasteiger charge is -2.17. The van der Waals surface area contributed by atoms with Crippen molar-refractivity contribution in [1.29, 1.82) is 0 Å². The zero-order valence-corrected chi connectivity index (χ0v) is 5.46. The molecule has 0 aliphatic heterocycles. The molecular weight excluding hydrogens is 112 g/mol. The quantitative estimate of drug-likeness (QED) is 0.483. The predicted octanol–water partition coefficient (Wildman–Crippen LogP) is 1.33. The molecule has 1 fully saturated rings. The van der Waals surface area contributed by atoms with Crippen molar-refractivity contribution < 1.29 is 5.11 Å². The van der Waals surface area contributed by atoms with E-state index in [1.807, 2.05) is 6.08 Å². The van der Waals surface area contributed by atoms with E-state index in [0.29, 0.717) is 5.92 Å². The number of allylic oxidation sites excluding steroid dienone is 1. The van der Waals surface area contributed by atoms with E-state index in [2.05, 4.69) is 6.08 Å². The Morgan fingerprint density at radius 2 is 2.11 bits per heavy atom. The van der Waals surface area contributed by atoms with Crippen LogP contribution < -0.4 is 0 Å². The topological polar surface area (TPSA) is 20.2 Å². The summed E-state index contributed by atoms with van der Waals surface area (Å²) in [5.74, 6) is 1.40. The summed E-state index contributed by atoms with van der Waals surface area (Å²) in [5.41, 5.74) is 0. The van der Waals surface area contributed by atoms with Gasteiger partial charge in [-0.05, 0) is 31.1 Å². The van der Waals surface area contributed by atoms with Crippen LogP contribution in [0, 0.1) is 11.8 Å². The summed E-state index contributed by atoms with van der Waals surface area (Å²) in [7, 11) is 0. The van der Waals surface area contributed by atoms with Crippen LogP contribution >= 0.6 is 0 Å². The van der Waals surface area contributed by atoms with Crippen molar-refractivity contribution in [1.82, 2.24) is 0 Å². The minimum Gasteiger partial charge on any atom is -0.389 e. The van der Waals surface area contributed by atoms with Gasteiger partial charge in [-0.1, -0.05) is 12.2 Å². The molecular formula is C8H12O. The minimum atomic E-state index is -0.122. The Morgan fingerprint density at radius 1 is 1.22 bits per heavy atom. The Hall–Kier alpha value is -0.300. The lowest BCUT2D eigenvalue weighted by molar-refractivity contribution is 0.149. The van der Waals surface area contributed by atoms with Crippen LogP contribution in [0.1, 0.15) is 19.3 Å². The summed E-state index contributed by atoms with van der Waals surface area (Å²) < 4.78 is 0. The number of aliphatic hydroxyl groups is 1. The average molecular weight is 124 g/mol. The van der Waals surface area contributed by atoms with Crippen LogP contribution in [0.5, 0.6) is 0 Å². The Morgan fingerprint density at radius 3 is 2.89 bits per heavy atom. The van der Waals surface area contributed by atoms with Gasteiger partial charge in [-0.2, -0.15) is 0 Å². The number of hydrogen-bond acceptors (Lipinski definition) is 1. The lowest BCUT2D eigenvalue weighted by Crippen LogP contribution is -2.17. The molecule has 0 aromatic rings. The van der Waals surface area contributed by atoms with Crippen molar-refractivity contribution in [2.45, 2.75) is 25.4 Å². The zero-order valence-electron chi connectivity index (χ0n) is 5.46. The SMILES string of the molecule is O[C@@H]1C=C[C@@H]2CC[C@@H]1C2. The Kier molecular flexibility index (Phi) is 1.12. The van der Waals surface area contributed by atoms with Crippen LogP contribution in [-0.2, 0) is 0 Å². The van der Waals surface area contributed by atoms with Crippen LogP contribution in [0.4, 0.5) is 0 Å². The van der Waals surface area contributed by atoms with Gasteiger partial charge in [0.2, 0.25) is 0 Å². The van der Waals surface area contributed by atoms with Crippen molar-refractivity contribution in [2.24, 2.45) is 11.8 Å². The van der Waals surface area contributed by atoms with Gasteiger partial charge in [-0.25, -0.2) is 0 Å². The smallest absolute Gasteiger partial charge is 0.0749 e. The van der Waals surface area contributed by atoms with E-state index in [9.17, 15) is 5.11 Å². The number of rotatable bonds is 0. The molecule has 0 aromatic heterocycles. The molecule has 0 amide bonds. The summed E-state index contributed by atoms with van der Waals surface area (Å²) in [4.78, 5) is 0. The lowest BCUT2D eigenvalue weighted by atomic mass is 9.93. The van der Waals surface area contributed by atoms with E-state index < -0.39 is 0 Å². The van der Waals surface area contributed by atoms with Gasteiger partial charge in [0.05, 0.1) is 6.10 Å².